The summed E-state index contributed by atoms with van der Waals surface area (Å²) in [5.41, 5.74) is 4.65. The van der Waals surface area contributed by atoms with Gasteiger partial charge in [0, 0.05) is 18.7 Å². The van der Waals surface area contributed by atoms with Gasteiger partial charge in [0.15, 0.2) is 0 Å². The van der Waals surface area contributed by atoms with Gasteiger partial charge >= 0.3 is 12.1 Å². The molecule has 0 fully saturated rings. The van der Waals surface area contributed by atoms with Crippen molar-refractivity contribution in [2.24, 2.45) is 0 Å². The summed E-state index contributed by atoms with van der Waals surface area (Å²) in [6.07, 6.45) is -1.93. The molecule has 170 valence electrons. The second kappa shape index (κ2) is 9.81. The Labute approximate surface area is 190 Å². The number of aliphatic hydroxyl groups excluding tert-OH is 2. The van der Waals surface area contributed by atoms with E-state index in [4.69, 9.17) is 9.84 Å². The lowest BCUT2D eigenvalue weighted by atomic mass is 9.98. The van der Waals surface area contributed by atoms with Crippen molar-refractivity contribution >= 4 is 12.1 Å². The zero-order valence-electron chi connectivity index (χ0n) is 17.7. The number of amides is 1. The highest BCUT2D eigenvalue weighted by Gasteiger charge is 2.29. The molecule has 1 amide bonds. The number of benzene rings is 2. The van der Waals surface area contributed by atoms with Crippen LogP contribution < -0.4 is 5.32 Å². The Morgan fingerprint density at radius 1 is 0.970 bits per heavy atom. The molecule has 8 heteroatoms. The molecule has 0 saturated heterocycles. The minimum atomic E-state index is -1.31. The first-order valence-electron chi connectivity index (χ1n) is 10.6. The first kappa shape index (κ1) is 22.4. The highest BCUT2D eigenvalue weighted by atomic mass is 16.5. The highest BCUT2D eigenvalue weighted by molar-refractivity contribution is 5.87. The summed E-state index contributed by atoms with van der Waals surface area (Å²) in [6.45, 7) is 0.271. The number of carbonyl (C=O) groups is 2. The van der Waals surface area contributed by atoms with Gasteiger partial charge in [0.1, 0.15) is 12.7 Å². The van der Waals surface area contributed by atoms with Crippen LogP contribution in [0.25, 0.3) is 11.1 Å². The smallest absolute Gasteiger partial charge is 0.407 e. The van der Waals surface area contributed by atoms with Gasteiger partial charge in [0.2, 0.25) is 0 Å². The summed E-state index contributed by atoms with van der Waals surface area (Å²) >= 11 is 0. The molecular weight excluding hydrogens is 424 g/mol. The molecule has 1 heterocycles. The normalized spacial score (nSPS) is 14.1. The van der Waals surface area contributed by atoms with Crippen molar-refractivity contribution in [2.75, 3.05) is 13.2 Å². The van der Waals surface area contributed by atoms with Crippen LogP contribution in [0.5, 0.6) is 0 Å². The quantitative estimate of drug-likeness (QED) is 0.417. The van der Waals surface area contributed by atoms with Crippen LogP contribution in [0.4, 0.5) is 4.79 Å². The molecule has 1 aromatic heterocycles. The molecule has 2 atom stereocenters. The number of fused-ring (bicyclic) bond motifs is 3. The second-order valence-electron chi connectivity index (χ2n) is 7.83. The van der Waals surface area contributed by atoms with E-state index in [2.05, 4.69) is 22.4 Å². The molecule has 1 aliphatic rings. The number of aromatic carboxylic acids is 1. The number of carboxylic acids is 1. The van der Waals surface area contributed by atoms with Gasteiger partial charge in [-0.2, -0.15) is 0 Å². The summed E-state index contributed by atoms with van der Waals surface area (Å²) < 4.78 is 5.44. The maximum absolute atomic E-state index is 12.2. The molecule has 4 N–H and O–H groups in total. The van der Waals surface area contributed by atoms with Gasteiger partial charge in [-0.25, -0.2) is 9.59 Å². The molecule has 0 saturated carbocycles. The largest absolute Gasteiger partial charge is 0.478 e. The molecule has 0 bridgehead atoms. The predicted molar refractivity (Wildman–Crippen MR) is 120 cm³/mol. The van der Waals surface area contributed by atoms with Crippen molar-refractivity contribution < 1.29 is 29.6 Å². The Bertz CT molecular complexity index is 1100. The summed E-state index contributed by atoms with van der Waals surface area (Å²) in [5.74, 6) is -1.17. The standard InChI is InChI=1S/C25H24N2O6/c28-22(23(29)21-10-9-15(13-27-21)24(30)31)11-12-26-25(32)33-14-20-18-7-3-1-5-16(18)17-6-2-4-8-19(17)20/h1-10,13,20,22-23,28-29H,11-12,14H2,(H,26,32)(H,30,31). The third-order valence-corrected chi connectivity index (χ3v) is 5.75. The van der Waals surface area contributed by atoms with Crippen molar-refractivity contribution in [2.45, 2.75) is 24.5 Å². The fourth-order valence-corrected chi connectivity index (χ4v) is 4.03. The van der Waals surface area contributed by atoms with Crippen molar-refractivity contribution in [3.63, 3.8) is 0 Å². The van der Waals surface area contributed by atoms with Gasteiger partial charge < -0.3 is 25.4 Å². The van der Waals surface area contributed by atoms with Gasteiger partial charge in [-0.05, 0) is 40.8 Å². The number of ether oxygens (including phenoxy) is 1. The fraction of sp³-hybridized carbons (Fsp3) is 0.240. The Morgan fingerprint density at radius 2 is 1.61 bits per heavy atom. The van der Waals surface area contributed by atoms with Crippen molar-refractivity contribution in [1.29, 1.82) is 0 Å². The third kappa shape index (κ3) is 4.87. The molecule has 33 heavy (non-hydrogen) atoms. The summed E-state index contributed by atoms with van der Waals surface area (Å²) in [4.78, 5) is 26.9. The van der Waals surface area contributed by atoms with E-state index in [9.17, 15) is 19.8 Å². The number of aliphatic hydroxyl groups is 2. The van der Waals surface area contributed by atoms with E-state index in [1.165, 1.54) is 12.1 Å². The first-order valence-corrected chi connectivity index (χ1v) is 10.6. The average molecular weight is 448 g/mol. The lowest BCUT2D eigenvalue weighted by molar-refractivity contribution is 0.0111. The maximum atomic E-state index is 12.2. The average Bonchev–Trinajstić information content (AvgIpc) is 3.16. The molecule has 2 aromatic carbocycles. The predicted octanol–water partition coefficient (Wildman–Crippen LogP) is 3.10. The van der Waals surface area contributed by atoms with E-state index in [-0.39, 0.29) is 36.7 Å². The third-order valence-electron chi connectivity index (χ3n) is 5.75. The van der Waals surface area contributed by atoms with Crippen LogP contribution in [0.3, 0.4) is 0 Å². The van der Waals surface area contributed by atoms with E-state index in [0.717, 1.165) is 28.5 Å². The molecule has 2 unspecified atom stereocenters. The number of pyridine rings is 1. The van der Waals surface area contributed by atoms with Crippen LogP contribution in [-0.2, 0) is 4.74 Å². The van der Waals surface area contributed by atoms with E-state index >= 15 is 0 Å². The molecule has 8 nitrogen and oxygen atoms in total. The molecule has 3 aromatic rings. The topological polar surface area (TPSA) is 129 Å². The van der Waals surface area contributed by atoms with Gasteiger partial charge in [0.25, 0.3) is 0 Å². The van der Waals surface area contributed by atoms with Gasteiger partial charge in [-0.3, -0.25) is 4.98 Å². The Morgan fingerprint density at radius 3 is 2.18 bits per heavy atom. The lowest BCUT2D eigenvalue weighted by Crippen LogP contribution is -2.30. The van der Waals surface area contributed by atoms with E-state index in [0.29, 0.717) is 0 Å². The van der Waals surface area contributed by atoms with E-state index in [1.54, 1.807) is 0 Å². The van der Waals surface area contributed by atoms with E-state index in [1.807, 2.05) is 36.4 Å². The van der Waals surface area contributed by atoms with Crippen molar-refractivity contribution in [1.82, 2.24) is 10.3 Å². The first-order chi connectivity index (χ1) is 16.0. The number of alkyl carbamates (subject to hydrolysis) is 1. The van der Waals surface area contributed by atoms with Gasteiger partial charge in [0.05, 0.1) is 17.4 Å². The molecule has 0 aliphatic heterocycles. The van der Waals surface area contributed by atoms with Crippen LogP contribution >= 0.6 is 0 Å². The molecule has 0 spiro atoms. The Hall–Kier alpha value is -3.75. The number of aromatic nitrogens is 1. The molecule has 0 radical (unpaired) electrons. The van der Waals surface area contributed by atoms with E-state index < -0.39 is 24.3 Å². The van der Waals surface area contributed by atoms with Crippen LogP contribution in [-0.4, -0.2) is 51.6 Å². The number of hydrogen-bond acceptors (Lipinski definition) is 6. The maximum Gasteiger partial charge on any atom is 0.407 e. The lowest BCUT2D eigenvalue weighted by Gasteiger charge is -2.18. The van der Waals surface area contributed by atoms with Crippen molar-refractivity contribution in [3.05, 3.63) is 89.2 Å². The Kier molecular flexibility index (Phi) is 6.67. The molecule has 1 aliphatic carbocycles. The van der Waals surface area contributed by atoms with Crippen LogP contribution in [0.1, 0.15) is 45.6 Å². The fourth-order valence-electron chi connectivity index (χ4n) is 4.03. The SMILES string of the molecule is O=C(NCCC(O)C(O)c1ccc(C(=O)O)cn1)OCC1c2ccccc2-c2ccccc21. The summed E-state index contributed by atoms with van der Waals surface area (Å²) in [7, 11) is 0. The van der Waals surface area contributed by atoms with Crippen LogP contribution in [0.2, 0.25) is 0 Å². The Balaban J connectivity index is 1.27. The second-order valence-corrected chi connectivity index (χ2v) is 7.83. The number of rotatable bonds is 8. The molecular formula is C25H24N2O6. The minimum absolute atomic E-state index is 0.0163. The zero-order valence-corrected chi connectivity index (χ0v) is 17.7. The van der Waals surface area contributed by atoms with Gasteiger partial charge in [-0.15, -0.1) is 0 Å². The number of carbonyl (C=O) groups excluding carboxylic acids is 1. The molecule has 4 rings (SSSR count). The van der Waals surface area contributed by atoms with Crippen LogP contribution in [0.15, 0.2) is 66.9 Å². The number of carboxylic acid groups (broad SMARTS) is 1. The van der Waals surface area contributed by atoms with Gasteiger partial charge in [-0.1, -0.05) is 48.5 Å². The minimum Gasteiger partial charge on any atom is -0.478 e. The number of hydrogen-bond donors (Lipinski definition) is 4. The zero-order chi connectivity index (χ0) is 23.4. The van der Waals surface area contributed by atoms with Crippen molar-refractivity contribution in [3.8, 4) is 11.1 Å². The summed E-state index contributed by atoms with van der Waals surface area (Å²) in [5, 5.41) is 31.9. The van der Waals surface area contributed by atoms with Crippen LogP contribution in [0, 0.1) is 0 Å². The monoisotopic (exact) mass is 448 g/mol. The number of nitrogens with zero attached hydrogens (tertiary/aromatic N) is 1. The summed E-state index contributed by atoms with van der Waals surface area (Å²) in [6, 6.07) is 18.7. The highest BCUT2D eigenvalue weighted by Crippen LogP contribution is 2.44. The number of nitrogens with one attached hydrogen (secondary N) is 1.